The highest BCUT2D eigenvalue weighted by atomic mass is 35.5. The van der Waals surface area contributed by atoms with Crippen LogP contribution in [0.25, 0.3) is 0 Å². The first-order chi connectivity index (χ1) is 10.2. The van der Waals surface area contributed by atoms with Gasteiger partial charge in [-0.05, 0) is 42.8 Å². The maximum absolute atomic E-state index is 13.7. The molecule has 1 N–H and O–H groups in total. The topological polar surface area (TPSA) is 63.2 Å². The number of amides is 1. The molecule has 0 bridgehead atoms. The summed E-state index contributed by atoms with van der Waals surface area (Å²) in [5.41, 5.74) is 0.743. The Hall–Kier alpha value is -1.92. The Labute approximate surface area is 132 Å². The van der Waals surface area contributed by atoms with E-state index in [9.17, 15) is 17.6 Å². The summed E-state index contributed by atoms with van der Waals surface area (Å²) in [6.45, 7) is 1.70. The van der Waals surface area contributed by atoms with Crippen LogP contribution in [0.1, 0.15) is 15.9 Å². The molecule has 0 fully saturated rings. The third kappa shape index (κ3) is 3.64. The number of benzene rings is 2. The van der Waals surface area contributed by atoms with Crippen molar-refractivity contribution >= 4 is 33.0 Å². The van der Waals surface area contributed by atoms with E-state index in [0.29, 0.717) is 11.3 Å². The number of sulfone groups is 1. The van der Waals surface area contributed by atoms with E-state index >= 15 is 0 Å². The summed E-state index contributed by atoms with van der Waals surface area (Å²) in [6, 6.07) is 7.99. The lowest BCUT2D eigenvalue weighted by Gasteiger charge is -2.11. The molecule has 0 saturated carbocycles. The molecule has 2 aromatic rings. The van der Waals surface area contributed by atoms with Crippen molar-refractivity contribution in [1.82, 2.24) is 0 Å². The smallest absolute Gasteiger partial charge is 0.258 e. The Morgan fingerprint density at radius 2 is 1.86 bits per heavy atom. The van der Waals surface area contributed by atoms with Crippen molar-refractivity contribution < 1.29 is 17.6 Å². The molecule has 7 heteroatoms. The van der Waals surface area contributed by atoms with E-state index in [2.05, 4.69) is 5.32 Å². The van der Waals surface area contributed by atoms with E-state index in [0.717, 1.165) is 12.3 Å². The van der Waals surface area contributed by atoms with Gasteiger partial charge in [0.2, 0.25) is 0 Å². The summed E-state index contributed by atoms with van der Waals surface area (Å²) in [5, 5.41) is 2.73. The predicted molar refractivity (Wildman–Crippen MR) is 83.7 cm³/mol. The number of aryl methyl sites for hydroxylation is 1. The fourth-order valence-corrected chi connectivity index (χ4v) is 2.65. The molecule has 116 valence electrons. The van der Waals surface area contributed by atoms with E-state index < -0.39 is 21.6 Å². The van der Waals surface area contributed by atoms with Gasteiger partial charge in [0.05, 0.1) is 10.5 Å². The molecular formula is C15H13ClFNO3S. The van der Waals surface area contributed by atoms with Gasteiger partial charge in [-0.2, -0.15) is 0 Å². The number of carbonyl (C=O) groups is 1. The lowest BCUT2D eigenvalue weighted by molar-refractivity contribution is 0.102. The average molecular weight is 342 g/mol. The zero-order valence-corrected chi connectivity index (χ0v) is 13.4. The third-order valence-electron chi connectivity index (χ3n) is 3.06. The molecule has 22 heavy (non-hydrogen) atoms. The second-order valence-corrected chi connectivity index (χ2v) is 7.28. The Bertz CT molecular complexity index is 850. The summed E-state index contributed by atoms with van der Waals surface area (Å²) in [7, 11) is -3.40. The molecule has 2 rings (SSSR count). The maximum Gasteiger partial charge on any atom is 0.258 e. The van der Waals surface area contributed by atoms with Crippen LogP contribution in [0.3, 0.4) is 0 Å². The van der Waals surface area contributed by atoms with Gasteiger partial charge in [-0.1, -0.05) is 17.7 Å². The van der Waals surface area contributed by atoms with Crippen LogP contribution in [-0.2, 0) is 9.84 Å². The summed E-state index contributed by atoms with van der Waals surface area (Å²) < 4.78 is 36.8. The number of carbonyl (C=O) groups excluding carboxylic acids is 1. The number of halogens is 2. The summed E-state index contributed by atoms with van der Waals surface area (Å²) in [6.07, 6.45) is 1.07. The molecule has 0 unspecified atom stereocenters. The summed E-state index contributed by atoms with van der Waals surface area (Å²) in [4.78, 5) is 12.2. The van der Waals surface area contributed by atoms with Crippen LogP contribution in [0, 0.1) is 12.7 Å². The highest BCUT2D eigenvalue weighted by Crippen LogP contribution is 2.22. The van der Waals surface area contributed by atoms with Crippen molar-refractivity contribution in [3.63, 3.8) is 0 Å². The van der Waals surface area contributed by atoms with Crippen molar-refractivity contribution in [3.05, 3.63) is 58.4 Å². The monoisotopic (exact) mass is 341 g/mol. The minimum absolute atomic E-state index is 0.0694. The van der Waals surface area contributed by atoms with Crippen LogP contribution in [-0.4, -0.2) is 20.6 Å². The largest absolute Gasteiger partial charge is 0.322 e. The number of hydrogen-bond acceptors (Lipinski definition) is 3. The Balaban J connectivity index is 2.38. The molecule has 0 heterocycles. The van der Waals surface area contributed by atoms with Crippen LogP contribution in [0.5, 0.6) is 0 Å². The Kier molecular flexibility index (Phi) is 4.53. The normalized spacial score (nSPS) is 11.3. The highest BCUT2D eigenvalue weighted by molar-refractivity contribution is 7.90. The van der Waals surface area contributed by atoms with Gasteiger partial charge in [0, 0.05) is 17.0 Å². The molecule has 0 saturated heterocycles. The van der Waals surface area contributed by atoms with Crippen molar-refractivity contribution in [2.45, 2.75) is 11.8 Å². The number of anilines is 1. The van der Waals surface area contributed by atoms with E-state index in [1.54, 1.807) is 13.0 Å². The second-order valence-electron chi connectivity index (χ2n) is 4.83. The maximum atomic E-state index is 13.7. The number of nitrogens with one attached hydrogen (secondary N) is 1. The predicted octanol–water partition coefficient (Wildman–Crippen LogP) is 3.44. The number of rotatable bonds is 3. The van der Waals surface area contributed by atoms with Gasteiger partial charge in [-0.25, -0.2) is 12.8 Å². The molecule has 0 spiro atoms. The fraction of sp³-hybridized carbons (Fsp3) is 0.133. The van der Waals surface area contributed by atoms with Crippen molar-refractivity contribution in [2.24, 2.45) is 0 Å². The highest BCUT2D eigenvalue weighted by Gasteiger charge is 2.15. The Morgan fingerprint density at radius 1 is 1.18 bits per heavy atom. The zero-order chi connectivity index (χ0) is 16.5. The summed E-state index contributed by atoms with van der Waals surface area (Å²) in [5.74, 6) is -1.41. The van der Waals surface area contributed by atoms with Gasteiger partial charge >= 0.3 is 0 Å². The molecule has 0 atom stereocenters. The molecule has 0 radical (unpaired) electrons. The van der Waals surface area contributed by atoms with E-state index in [1.165, 1.54) is 24.3 Å². The standard InChI is InChI=1S/C15H13ClFNO3S/c1-9-3-5-11(22(2,20)21)8-14(9)18-15(19)12-7-10(16)4-6-13(12)17/h3-8H,1-2H3,(H,18,19). The van der Waals surface area contributed by atoms with Crippen LogP contribution < -0.4 is 5.32 Å². The Morgan fingerprint density at radius 3 is 2.50 bits per heavy atom. The third-order valence-corrected chi connectivity index (χ3v) is 4.40. The van der Waals surface area contributed by atoms with Crippen molar-refractivity contribution in [2.75, 3.05) is 11.6 Å². The molecule has 0 aliphatic rings. The van der Waals surface area contributed by atoms with Gasteiger partial charge in [0.25, 0.3) is 5.91 Å². The fourth-order valence-electron chi connectivity index (χ4n) is 1.83. The van der Waals surface area contributed by atoms with Crippen LogP contribution >= 0.6 is 11.6 Å². The van der Waals surface area contributed by atoms with Crippen LogP contribution in [0.4, 0.5) is 10.1 Å². The molecule has 4 nitrogen and oxygen atoms in total. The van der Waals surface area contributed by atoms with E-state index in [-0.39, 0.29) is 15.5 Å². The van der Waals surface area contributed by atoms with Crippen LogP contribution in [0.15, 0.2) is 41.3 Å². The van der Waals surface area contributed by atoms with E-state index in [1.807, 2.05) is 0 Å². The van der Waals surface area contributed by atoms with Crippen LogP contribution in [0.2, 0.25) is 5.02 Å². The minimum atomic E-state index is -3.40. The van der Waals surface area contributed by atoms with Gasteiger partial charge in [-0.15, -0.1) is 0 Å². The van der Waals surface area contributed by atoms with Crippen molar-refractivity contribution in [3.8, 4) is 0 Å². The molecule has 2 aromatic carbocycles. The SMILES string of the molecule is Cc1ccc(S(C)(=O)=O)cc1NC(=O)c1cc(Cl)ccc1F. The minimum Gasteiger partial charge on any atom is -0.322 e. The zero-order valence-electron chi connectivity index (χ0n) is 11.9. The lowest BCUT2D eigenvalue weighted by Crippen LogP contribution is -2.15. The molecule has 1 amide bonds. The second kappa shape index (κ2) is 6.06. The molecular weight excluding hydrogens is 329 g/mol. The average Bonchev–Trinajstić information content (AvgIpc) is 2.42. The van der Waals surface area contributed by atoms with E-state index in [4.69, 9.17) is 11.6 Å². The summed E-state index contributed by atoms with van der Waals surface area (Å²) >= 11 is 5.75. The quantitative estimate of drug-likeness (QED) is 0.930. The number of hydrogen-bond donors (Lipinski definition) is 1. The molecule has 0 aromatic heterocycles. The lowest BCUT2D eigenvalue weighted by atomic mass is 10.1. The first-order valence-corrected chi connectivity index (χ1v) is 8.52. The van der Waals surface area contributed by atoms with Gasteiger partial charge in [0.1, 0.15) is 5.82 Å². The molecule has 0 aliphatic heterocycles. The molecule has 0 aliphatic carbocycles. The van der Waals surface area contributed by atoms with Gasteiger partial charge < -0.3 is 5.32 Å². The van der Waals surface area contributed by atoms with Gasteiger partial charge in [-0.3, -0.25) is 4.79 Å². The first-order valence-electron chi connectivity index (χ1n) is 6.25. The first kappa shape index (κ1) is 16.5. The van der Waals surface area contributed by atoms with Crippen molar-refractivity contribution in [1.29, 1.82) is 0 Å². The van der Waals surface area contributed by atoms with Gasteiger partial charge in [0.15, 0.2) is 9.84 Å².